The molecular formula is C53H68Hf. The third-order valence-electron chi connectivity index (χ3n) is 13.9. The van der Waals surface area contributed by atoms with Crippen LogP contribution in [0.2, 0.25) is 9.36 Å². The normalized spacial score (nSPS) is 20.1. The molecule has 2 unspecified atom stereocenters. The van der Waals surface area contributed by atoms with E-state index in [4.69, 9.17) is 0 Å². The molecule has 1 saturated heterocycles. The van der Waals surface area contributed by atoms with Crippen LogP contribution in [0.15, 0.2) is 83.9 Å². The Balaban J connectivity index is 1.45. The fraction of sp³-hybridized carbons (Fsp3) is 0.472. The van der Waals surface area contributed by atoms with Crippen molar-refractivity contribution >= 4 is 12.2 Å². The van der Waals surface area contributed by atoms with Crippen LogP contribution in [0.3, 0.4) is 0 Å². The monoisotopic (exact) mass is 884 g/mol. The third kappa shape index (κ3) is 6.26. The topological polar surface area (TPSA) is 0 Å². The summed E-state index contributed by atoms with van der Waals surface area (Å²) in [6.07, 6.45) is 7.75. The molecule has 2 aliphatic carbocycles. The zero-order chi connectivity index (χ0) is 39.6. The average Bonchev–Trinajstić information content (AvgIpc) is 3.68. The fourth-order valence-corrected chi connectivity index (χ4v) is 27.5. The van der Waals surface area contributed by atoms with Gasteiger partial charge in [0.1, 0.15) is 0 Å². The van der Waals surface area contributed by atoms with E-state index < -0.39 is 20.0 Å². The van der Waals surface area contributed by atoms with Gasteiger partial charge in [-0.1, -0.05) is 0 Å². The molecule has 1 heterocycles. The Kier molecular flexibility index (Phi) is 9.41. The predicted molar refractivity (Wildman–Crippen MR) is 235 cm³/mol. The van der Waals surface area contributed by atoms with Crippen LogP contribution in [0.4, 0.5) is 0 Å². The summed E-state index contributed by atoms with van der Waals surface area (Å²) >= 11 is -3.23. The van der Waals surface area contributed by atoms with E-state index in [1.54, 1.807) is 22.3 Å². The number of fused-ring (bicyclic) bond motifs is 6. The summed E-state index contributed by atoms with van der Waals surface area (Å²) in [4.78, 5) is 0. The molecular weight excluding hydrogens is 815 g/mol. The molecule has 284 valence electrons. The second-order valence-corrected chi connectivity index (χ2v) is 39.1. The Bertz CT molecular complexity index is 1980. The van der Waals surface area contributed by atoms with E-state index >= 15 is 0 Å². The molecule has 1 heteroatoms. The van der Waals surface area contributed by atoms with Gasteiger partial charge in [0, 0.05) is 0 Å². The standard InChI is InChI=1S/C51H62.2CH3.Hf/c1-15-51(16-2,41-23-33-19-17-21-43(45(33)31-41)35-25-37(47(3,4)5)29-38(26-35)48(6,7)8)42-24-34-20-18-22-44(46(34)32-42)36-27-39(49(9,10)11)30-40(28-36)50(12,13)14;;;/h17-32H,15-16H2,1-14H3;2*1H3;. The average molecular weight is 884 g/mol. The molecule has 1 aliphatic heterocycles. The van der Waals surface area contributed by atoms with Gasteiger partial charge in [-0.05, 0) is 0 Å². The molecule has 0 nitrogen and oxygen atoms in total. The number of allylic oxidation sites excluding steroid dienone is 2. The molecule has 4 aromatic rings. The molecule has 3 aliphatic rings. The van der Waals surface area contributed by atoms with E-state index in [1.165, 1.54) is 55.6 Å². The minimum absolute atomic E-state index is 0.0606. The van der Waals surface area contributed by atoms with Crippen LogP contribution < -0.4 is 0 Å². The molecule has 0 N–H and O–H groups in total. The summed E-state index contributed by atoms with van der Waals surface area (Å²) < 4.78 is 6.76. The summed E-state index contributed by atoms with van der Waals surface area (Å²) in [7, 11) is 0. The van der Waals surface area contributed by atoms with E-state index in [-0.39, 0.29) is 27.1 Å². The van der Waals surface area contributed by atoms with E-state index in [2.05, 4.69) is 191 Å². The van der Waals surface area contributed by atoms with Crippen LogP contribution in [0.5, 0.6) is 0 Å². The zero-order valence-corrected chi connectivity index (χ0v) is 40.2. The molecule has 4 aromatic carbocycles. The van der Waals surface area contributed by atoms with Gasteiger partial charge in [-0.25, -0.2) is 0 Å². The molecule has 0 saturated carbocycles. The van der Waals surface area contributed by atoms with Gasteiger partial charge in [0.25, 0.3) is 0 Å². The first-order valence-electron chi connectivity index (χ1n) is 21.0. The first kappa shape index (κ1) is 39.5. The first-order chi connectivity index (χ1) is 24.9. The third-order valence-corrected chi connectivity index (χ3v) is 29.0. The quantitative estimate of drug-likeness (QED) is 0.179. The molecule has 54 heavy (non-hydrogen) atoms. The van der Waals surface area contributed by atoms with E-state index in [0.717, 1.165) is 12.8 Å². The summed E-state index contributed by atoms with van der Waals surface area (Å²) in [5.74, 6) is 0. The van der Waals surface area contributed by atoms with Gasteiger partial charge >= 0.3 is 336 Å². The summed E-state index contributed by atoms with van der Waals surface area (Å²) in [5, 5.41) is 0. The van der Waals surface area contributed by atoms with Gasteiger partial charge in [0.2, 0.25) is 0 Å². The molecule has 0 bridgehead atoms. The van der Waals surface area contributed by atoms with Crippen molar-refractivity contribution in [2.45, 2.75) is 148 Å². The van der Waals surface area contributed by atoms with Crippen LogP contribution in [-0.2, 0) is 41.6 Å². The van der Waals surface area contributed by atoms with E-state index in [1.807, 2.05) is 0 Å². The van der Waals surface area contributed by atoms with Crippen molar-refractivity contribution in [1.82, 2.24) is 0 Å². The maximum atomic E-state index is 2.80. The Morgan fingerprint density at radius 1 is 0.481 bits per heavy atom. The van der Waals surface area contributed by atoms with Crippen molar-refractivity contribution in [2.75, 3.05) is 0 Å². The van der Waals surface area contributed by atoms with Gasteiger partial charge in [-0.2, -0.15) is 0 Å². The molecule has 1 fully saturated rings. The summed E-state index contributed by atoms with van der Waals surface area (Å²) in [6.45, 7) is 33.3. The van der Waals surface area contributed by atoms with Gasteiger partial charge < -0.3 is 0 Å². The molecule has 2 atom stereocenters. The van der Waals surface area contributed by atoms with Crippen molar-refractivity contribution in [3.8, 4) is 22.3 Å². The van der Waals surface area contributed by atoms with Crippen molar-refractivity contribution in [1.29, 1.82) is 0 Å². The van der Waals surface area contributed by atoms with E-state index in [9.17, 15) is 0 Å². The molecule has 7 rings (SSSR count). The Hall–Kier alpha value is -2.77. The molecule has 0 spiro atoms. The van der Waals surface area contributed by atoms with Gasteiger partial charge in [0.05, 0.1) is 0 Å². The van der Waals surface area contributed by atoms with E-state index in [0.29, 0.717) is 7.35 Å². The van der Waals surface area contributed by atoms with Crippen LogP contribution in [0.1, 0.15) is 162 Å². The summed E-state index contributed by atoms with van der Waals surface area (Å²) in [5.41, 5.74) is 21.4. The molecule has 0 aromatic heterocycles. The van der Waals surface area contributed by atoms with Gasteiger partial charge in [-0.15, -0.1) is 0 Å². The molecule has 0 radical (unpaired) electrons. The predicted octanol–water partition coefficient (Wildman–Crippen LogP) is 15.9. The Morgan fingerprint density at radius 2 is 0.796 bits per heavy atom. The van der Waals surface area contributed by atoms with Crippen molar-refractivity contribution in [2.24, 2.45) is 5.41 Å². The second-order valence-electron chi connectivity index (χ2n) is 21.9. The Labute approximate surface area is 334 Å². The van der Waals surface area contributed by atoms with Crippen molar-refractivity contribution in [3.05, 3.63) is 128 Å². The van der Waals surface area contributed by atoms with Crippen LogP contribution in [0, 0.1) is 5.41 Å². The first-order valence-corrected chi connectivity index (χ1v) is 32.3. The number of rotatable bonds is 4. The SMILES string of the molecule is CCC1(CC)C2=Cc3c(-c4cc(C(C)(C)C)cc(C(C)(C)C)c4)cccc3[CH]2[Hf]([CH3])([CH3])[CH]2C1=Cc1c(-c3cc(C(C)(C)C)cc(C(C)(C)C)c3)cccc12. The van der Waals surface area contributed by atoms with Crippen molar-refractivity contribution < 1.29 is 20.0 Å². The maximum absolute atomic E-state index is 3.23. The van der Waals surface area contributed by atoms with Gasteiger partial charge in [-0.3, -0.25) is 0 Å². The minimum atomic E-state index is -3.23. The van der Waals surface area contributed by atoms with Crippen LogP contribution in [0.25, 0.3) is 34.4 Å². The van der Waals surface area contributed by atoms with Crippen LogP contribution >= 0.6 is 0 Å². The second kappa shape index (κ2) is 12.9. The summed E-state index contributed by atoms with van der Waals surface area (Å²) in [6, 6.07) is 29.6. The zero-order valence-electron chi connectivity index (χ0n) is 36.7. The molecule has 0 amide bonds. The number of hydrogen-bond donors (Lipinski definition) is 0. The van der Waals surface area contributed by atoms with Crippen LogP contribution in [-0.4, -0.2) is 0 Å². The number of benzene rings is 4. The van der Waals surface area contributed by atoms with Gasteiger partial charge in [0.15, 0.2) is 0 Å². The van der Waals surface area contributed by atoms with Crippen molar-refractivity contribution in [3.63, 3.8) is 0 Å². The fourth-order valence-electron chi connectivity index (χ4n) is 10.4. The number of hydrogen-bond acceptors (Lipinski definition) is 0. The Morgan fingerprint density at radius 3 is 1.07 bits per heavy atom.